The fraction of sp³-hybridized carbons (Fsp3) is 0.407. The molecule has 1 atom stereocenters. The van der Waals surface area contributed by atoms with Crippen molar-refractivity contribution in [1.82, 2.24) is 9.88 Å². The summed E-state index contributed by atoms with van der Waals surface area (Å²) in [7, 11) is 1.68. The Balaban J connectivity index is 1.37. The van der Waals surface area contributed by atoms with Crippen LogP contribution in [0.3, 0.4) is 0 Å². The Morgan fingerprint density at radius 3 is 2.48 bits per heavy atom. The van der Waals surface area contributed by atoms with E-state index < -0.39 is 0 Å². The average molecular weight is 463 g/mol. The fourth-order valence-electron chi connectivity index (χ4n) is 5.25. The summed E-state index contributed by atoms with van der Waals surface area (Å²) < 4.78 is 12.1. The molecular weight excluding hydrogens is 432 g/mol. The maximum absolute atomic E-state index is 13.1. The summed E-state index contributed by atoms with van der Waals surface area (Å²) in [6.45, 7) is 7.77. The van der Waals surface area contributed by atoms with Gasteiger partial charge in [0, 0.05) is 37.2 Å². The molecule has 0 saturated carbocycles. The molecule has 1 aliphatic heterocycles. The lowest BCUT2D eigenvalue weighted by Crippen LogP contribution is -2.30. The summed E-state index contributed by atoms with van der Waals surface area (Å²) in [5, 5.41) is 2.77. The van der Waals surface area contributed by atoms with Crippen molar-refractivity contribution in [2.24, 2.45) is 5.41 Å². The summed E-state index contributed by atoms with van der Waals surface area (Å²) in [6.07, 6.45) is 1.93. The number of thiazole rings is 1. The molecule has 0 spiro atoms. The van der Waals surface area contributed by atoms with Crippen molar-refractivity contribution in [3.05, 3.63) is 75.2 Å². The number of aromatic nitrogens is 1. The number of rotatable bonds is 5. The number of amides is 1. The monoisotopic (exact) mass is 462 g/mol. The molecule has 1 aromatic heterocycles. The van der Waals surface area contributed by atoms with Crippen LogP contribution < -0.4 is 9.47 Å². The van der Waals surface area contributed by atoms with Crippen LogP contribution in [0.15, 0.2) is 47.8 Å². The summed E-state index contributed by atoms with van der Waals surface area (Å²) in [5.74, 6) is 1.75. The summed E-state index contributed by atoms with van der Waals surface area (Å²) in [5.41, 5.74) is 4.39. The smallest absolute Gasteiger partial charge is 0.273 e. The Bertz CT molecular complexity index is 1160. The lowest BCUT2D eigenvalue weighted by atomic mass is 9.78. The van der Waals surface area contributed by atoms with Crippen LogP contribution in [0.5, 0.6) is 11.5 Å². The van der Waals surface area contributed by atoms with Gasteiger partial charge in [-0.1, -0.05) is 44.2 Å². The molecule has 0 N–H and O–H groups in total. The number of methoxy groups -OCH3 is 1. The highest BCUT2D eigenvalue weighted by atomic mass is 32.1. The largest absolute Gasteiger partial charge is 0.493 e. The van der Waals surface area contributed by atoms with Gasteiger partial charge >= 0.3 is 0 Å². The van der Waals surface area contributed by atoms with Crippen LogP contribution in [-0.4, -0.2) is 42.1 Å². The van der Waals surface area contributed by atoms with Gasteiger partial charge in [0.15, 0.2) is 11.5 Å². The van der Waals surface area contributed by atoms with Crippen molar-refractivity contribution in [1.29, 1.82) is 0 Å². The molecule has 0 unspecified atom stereocenters. The zero-order valence-electron chi connectivity index (χ0n) is 19.6. The number of carbonyl (C=O) groups excluding carboxylic acids is 1. The molecule has 2 aliphatic rings. The standard InChI is InChI=1S/C27H30N2O3S/c1-17-28-23(15-33-17)26(30)29-14-22(27(2,3)16-29)20-9-10-24(31-4)25(13-20)32-21-11-18-7-5-6-8-19(18)12-21/h5-10,13,15,21-22H,11-12,14,16H2,1-4H3/t22-/m0/s1. The summed E-state index contributed by atoms with van der Waals surface area (Å²) >= 11 is 1.52. The van der Waals surface area contributed by atoms with Crippen LogP contribution in [0.25, 0.3) is 0 Å². The number of nitrogens with zero attached hydrogens (tertiary/aromatic N) is 2. The predicted octanol–water partition coefficient (Wildman–Crippen LogP) is 5.27. The van der Waals surface area contributed by atoms with Crippen LogP contribution in [0.4, 0.5) is 0 Å². The maximum atomic E-state index is 13.1. The molecule has 0 radical (unpaired) electrons. The SMILES string of the molecule is COc1ccc([C@@H]2CN(C(=O)c3csc(C)n3)CC2(C)C)cc1OC1Cc2ccccc2C1. The highest BCUT2D eigenvalue weighted by Crippen LogP contribution is 2.45. The highest BCUT2D eigenvalue weighted by Gasteiger charge is 2.43. The van der Waals surface area contributed by atoms with E-state index in [2.05, 4.69) is 55.2 Å². The Kier molecular flexibility index (Phi) is 5.65. The van der Waals surface area contributed by atoms with E-state index in [0.29, 0.717) is 18.8 Å². The number of hydrogen-bond donors (Lipinski definition) is 0. The minimum atomic E-state index is -0.0593. The van der Waals surface area contributed by atoms with E-state index in [0.717, 1.165) is 29.3 Å². The first kappa shape index (κ1) is 22.0. The van der Waals surface area contributed by atoms with Crippen LogP contribution in [0.1, 0.15) is 52.0 Å². The van der Waals surface area contributed by atoms with Gasteiger partial charge in [0.1, 0.15) is 11.8 Å². The van der Waals surface area contributed by atoms with E-state index >= 15 is 0 Å². The van der Waals surface area contributed by atoms with Crippen molar-refractivity contribution in [3.63, 3.8) is 0 Å². The van der Waals surface area contributed by atoms with E-state index in [1.807, 2.05) is 23.3 Å². The second-order valence-electron chi connectivity index (χ2n) is 9.81. The molecular formula is C27H30N2O3S. The Labute approximate surface area is 199 Å². The molecule has 3 aromatic rings. The van der Waals surface area contributed by atoms with Crippen LogP contribution in [0.2, 0.25) is 0 Å². The third kappa shape index (κ3) is 4.24. The van der Waals surface area contributed by atoms with Gasteiger partial charge in [-0.2, -0.15) is 0 Å². The van der Waals surface area contributed by atoms with Crippen molar-refractivity contribution >= 4 is 17.2 Å². The molecule has 1 amide bonds. The van der Waals surface area contributed by atoms with Gasteiger partial charge in [-0.05, 0) is 41.2 Å². The molecule has 2 aromatic carbocycles. The van der Waals surface area contributed by atoms with E-state index in [4.69, 9.17) is 9.47 Å². The zero-order valence-corrected chi connectivity index (χ0v) is 20.4. The predicted molar refractivity (Wildman–Crippen MR) is 131 cm³/mol. The number of likely N-dealkylation sites (tertiary alicyclic amines) is 1. The van der Waals surface area contributed by atoms with E-state index in [1.54, 1.807) is 7.11 Å². The topological polar surface area (TPSA) is 51.7 Å². The minimum absolute atomic E-state index is 0.0173. The minimum Gasteiger partial charge on any atom is -0.493 e. The maximum Gasteiger partial charge on any atom is 0.273 e. The molecule has 6 heteroatoms. The van der Waals surface area contributed by atoms with E-state index in [1.165, 1.54) is 28.0 Å². The van der Waals surface area contributed by atoms with Crippen molar-refractivity contribution in [2.75, 3.05) is 20.2 Å². The molecule has 5 nitrogen and oxygen atoms in total. The van der Waals surface area contributed by atoms with Crippen LogP contribution >= 0.6 is 11.3 Å². The Morgan fingerprint density at radius 2 is 1.85 bits per heavy atom. The first-order chi connectivity index (χ1) is 15.8. The van der Waals surface area contributed by atoms with E-state index in [-0.39, 0.29) is 23.3 Å². The normalized spacial score (nSPS) is 19.5. The van der Waals surface area contributed by atoms with Crippen molar-refractivity contribution in [2.45, 2.75) is 45.6 Å². The van der Waals surface area contributed by atoms with Gasteiger partial charge in [0.25, 0.3) is 5.91 Å². The number of aryl methyl sites for hydroxylation is 1. The molecule has 33 heavy (non-hydrogen) atoms. The molecule has 172 valence electrons. The first-order valence-corrected chi connectivity index (χ1v) is 12.3. The van der Waals surface area contributed by atoms with Gasteiger partial charge < -0.3 is 14.4 Å². The number of hydrogen-bond acceptors (Lipinski definition) is 5. The molecule has 0 bridgehead atoms. The van der Waals surface area contributed by atoms with Crippen LogP contribution in [-0.2, 0) is 12.8 Å². The van der Waals surface area contributed by atoms with Gasteiger partial charge in [-0.3, -0.25) is 4.79 Å². The number of carbonyl (C=O) groups is 1. The number of fused-ring (bicyclic) bond motifs is 1. The number of ether oxygens (including phenoxy) is 2. The highest BCUT2D eigenvalue weighted by molar-refractivity contribution is 7.09. The summed E-state index contributed by atoms with van der Waals surface area (Å²) in [6, 6.07) is 14.8. The first-order valence-electron chi connectivity index (χ1n) is 11.5. The van der Waals surface area contributed by atoms with Gasteiger partial charge in [0.05, 0.1) is 12.1 Å². The zero-order chi connectivity index (χ0) is 23.2. The molecule has 1 aliphatic carbocycles. The molecule has 1 fully saturated rings. The average Bonchev–Trinajstić information content (AvgIpc) is 3.49. The third-order valence-corrected chi connectivity index (χ3v) is 7.74. The third-order valence-electron chi connectivity index (χ3n) is 6.97. The second kappa shape index (κ2) is 8.49. The van der Waals surface area contributed by atoms with Crippen molar-refractivity contribution in [3.8, 4) is 11.5 Å². The summed E-state index contributed by atoms with van der Waals surface area (Å²) in [4.78, 5) is 19.4. The Morgan fingerprint density at radius 1 is 1.12 bits per heavy atom. The molecule has 5 rings (SSSR count). The van der Waals surface area contributed by atoms with Crippen LogP contribution in [0, 0.1) is 12.3 Å². The van der Waals surface area contributed by atoms with Gasteiger partial charge in [-0.25, -0.2) is 4.98 Å². The van der Waals surface area contributed by atoms with Gasteiger partial charge in [-0.15, -0.1) is 11.3 Å². The number of benzene rings is 2. The van der Waals surface area contributed by atoms with Gasteiger partial charge in [0.2, 0.25) is 0 Å². The molecule has 2 heterocycles. The second-order valence-corrected chi connectivity index (χ2v) is 10.9. The quantitative estimate of drug-likeness (QED) is 0.518. The lowest BCUT2D eigenvalue weighted by Gasteiger charge is -2.26. The Hall–Kier alpha value is -2.86. The van der Waals surface area contributed by atoms with Crippen molar-refractivity contribution < 1.29 is 14.3 Å². The lowest BCUT2D eigenvalue weighted by molar-refractivity contribution is 0.0773. The van der Waals surface area contributed by atoms with E-state index in [9.17, 15) is 4.79 Å². The fourth-order valence-corrected chi connectivity index (χ4v) is 5.84. The molecule has 1 saturated heterocycles.